The first-order valence-electron chi connectivity index (χ1n) is 9.18. The minimum Gasteiger partial charge on any atom is -0.299 e. The molecule has 0 amide bonds. The maximum absolute atomic E-state index is 2.90. The van der Waals surface area contributed by atoms with Gasteiger partial charge in [0.2, 0.25) is 0 Å². The van der Waals surface area contributed by atoms with Crippen molar-refractivity contribution in [1.29, 1.82) is 0 Å². The molecule has 128 valence electrons. The topological polar surface area (TPSA) is 6.48 Å². The Labute approximate surface area is 148 Å². The summed E-state index contributed by atoms with van der Waals surface area (Å²) in [6.45, 7) is 8.37. The van der Waals surface area contributed by atoms with E-state index in [4.69, 9.17) is 0 Å². The van der Waals surface area contributed by atoms with E-state index in [1.807, 2.05) is 0 Å². The Bertz CT molecular complexity index is 389. The van der Waals surface area contributed by atoms with Gasteiger partial charge in [0.1, 0.15) is 0 Å². The average molecular weight is 347 g/mol. The van der Waals surface area contributed by atoms with E-state index in [9.17, 15) is 0 Å². The fraction of sp³-hybridized carbons (Fsp3) is 1.00. The molecule has 0 aromatic carbocycles. The fourth-order valence-electron chi connectivity index (χ4n) is 6.31. The third-order valence-electron chi connectivity index (χ3n) is 7.62. The first-order valence-corrected chi connectivity index (χ1v) is 9.18. The number of hydrogen-bond donors (Lipinski definition) is 0. The van der Waals surface area contributed by atoms with Crippen LogP contribution in [0.5, 0.6) is 0 Å². The van der Waals surface area contributed by atoms with Gasteiger partial charge in [0.25, 0.3) is 0 Å². The van der Waals surface area contributed by atoms with Crippen LogP contribution in [0.1, 0.15) is 58.3 Å². The van der Waals surface area contributed by atoms with E-state index in [2.05, 4.69) is 16.7 Å². The second-order valence-electron chi connectivity index (χ2n) is 8.94. The van der Waals surface area contributed by atoms with Gasteiger partial charge in [0, 0.05) is 38.3 Å². The molecule has 2 saturated heterocycles. The van der Waals surface area contributed by atoms with Crippen LogP contribution in [0.3, 0.4) is 0 Å². The molecule has 5 fully saturated rings. The molecule has 3 saturated carbocycles. The van der Waals surface area contributed by atoms with Crippen LogP contribution in [0.4, 0.5) is 0 Å². The van der Waals surface area contributed by atoms with Crippen molar-refractivity contribution in [1.82, 2.24) is 9.80 Å². The summed E-state index contributed by atoms with van der Waals surface area (Å²) in [5, 5.41) is 0. The summed E-state index contributed by atoms with van der Waals surface area (Å²) in [5.41, 5.74) is 1.32. The molecule has 4 heteroatoms. The highest BCUT2D eigenvalue weighted by Gasteiger charge is 2.62. The molecule has 22 heavy (non-hydrogen) atoms. The van der Waals surface area contributed by atoms with Crippen LogP contribution in [-0.2, 0) is 0 Å². The van der Waals surface area contributed by atoms with Crippen molar-refractivity contribution in [3.63, 3.8) is 0 Å². The van der Waals surface area contributed by atoms with E-state index < -0.39 is 0 Å². The first-order chi connectivity index (χ1) is 9.70. The van der Waals surface area contributed by atoms with Crippen molar-refractivity contribution < 1.29 is 0 Å². The summed E-state index contributed by atoms with van der Waals surface area (Å²) >= 11 is 0. The summed E-state index contributed by atoms with van der Waals surface area (Å²) in [6, 6.07) is 1.95. The third-order valence-corrected chi connectivity index (χ3v) is 7.62. The predicted octanol–water partition coefficient (Wildman–Crippen LogP) is 3.97. The zero-order chi connectivity index (χ0) is 13.4. The van der Waals surface area contributed by atoms with Gasteiger partial charge < -0.3 is 0 Å². The molecular weight excluding hydrogens is 315 g/mol. The molecule has 0 N–H and O–H groups in total. The molecule has 0 aromatic rings. The monoisotopic (exact) mass is 346 g/mol. The van der Waals surface area contributed by atoms with Crippen molar-refractivity contribution in [2.75, 3.05) is 26.2 Å². The molecule has 2 heterocycles. The highest BCUT2D eigenvalue weighted by molar-refractivity contribution is 5.85. The van der Waals surface area contributed by atoms with E-state index >= 15 is 0 Å². The second-order valence-corrected chi connectivity index (χ2v) is 8.94. The number of hydrogen-bond acceptors (Lipinski definition) is 2. The fourth-order valence-corrected chi connectivity index (χ4v) is 6.31. The lowest BCUT2D eigenvalue weighted by Crippen LogP contribution is -2.68. The number of likely N-dealkylation sites (tertiary alicyclic amines) is 2. The van der Waals surface area contributed by atoms with Gasteiger partial charge in [-0.05, 0) is 55.3 Å². The molecule has 0 atom stereocenters. The smallest absolute Gasteiger partial charge is 0.00967 e. The van der Waals surface area contributed by atoms with Gasteiger partial charge in [-0.15, -0.1) is 24.8 Å². The zero-order valence-corrected chi connectivity index (χ0v) is 15.6. The highest BCUT2D eigenvalue weighted by Crippen LogP contribution is 2.62. The Hall–Kier alpha value is 0.500. The van der Waals surface area contributed by atoms with Crippen LogP contribution in [0.15, 0.2) is 0 Å². The summed E-state index contributed by atoms with van der Waals surface area (Å²) in [6.07, 6.45) is 12.1. The summed E-state index contributed by atoms with van der Waals surface area (Å²) in [4.78, 5) is 5.80. The number of halogens is 2. The largest absolute Gasteiger partial charge is 0.299 e. The molecule has 5 aliphatic rings. The molecular formula is C18H32Cl2N2. The van der Waals surface area contributed by atoms with Crippen molar-refractivity contribution >= 4 is 24.8 Å². The van der Waals surface area contributed by atoms with Crippen LogP contribution < -0.4 is 0 Å². The number of nitrogens with zero attached hydrogens (tertiary/aromatic N) is 2. The lowest BCUT2D eigenvalue weighted by atomic mass is 9.52. The molecule has 2 bridgehead atoms. The summed E-state index contributed by atoms with van der Waals surface area (Å²) in [7, 11) is 0. The second kappa shape index (κ2) is 5.79. The van der Waals surface area contributed by atoms with E-state index in [0.29, 0.717) is 5.41 Å². The minimum atomic E-state index is 0. The van der Waals surface area contributed by atoms with E-state index in [-0.39, 0.29) is 24.8 Å². The first kappa shape index (κ1) is 17.3. The Kier molecular flexibility index (Phi) is 4.56. The normalized spacial score (nSPS) is 41.0. The quantitative estimate of drug-likeness (QED) is 0.746. The highest BCUT2D eigenvalue weighted by atomic mass is 35.5. The summed E-state index contributed by atoms with van der Waals surface area (Å²) in [5.74, 6) is 0.985. The standard InChI is InChI=1S/C18H30N2.2ClH/c1-17-12-19(15-4-5-15)10-14(18(17)8-2-3-9-18)11-20(13-17)16-6-7-16;;/h14-16H,2-13H2,1H3;2*1H. The predicted molar refractivity (Wildman–Crippen MR) is 96.2 cm³/mol. The van der Waals surface area contributed by atoms with Crippen molar-refractivity contribution in [2.45, 2.75) is 70.4 Å². The van der Waals surface area contributed by atoms with E-state index in [1.165, 1.54) is 64.7 Å². The van der Waals surface area contributed by atoms with Gasteiger partial charge >= 0.3 is 0 Å². The molecule has 0 aromatic heterocycles. The van der Waals surface area contributed by atoms with Gasteiger partial charge in [-0.25, -0.2) is 0 Å². The minimum absolute atomic E-state index is 0. The molecule has 0 radical (unpaired) electrons. The molecule has 1 spiro atoms. The lowest BCUT2D eigenvalue weighted by molar-refractivity contribution is -0.151. The SMILES string of the molecule is CC12CN(C3CC3)CC(CN(C3CC3)C1)C21CCCC1.Cl.Cl. The van der Waals surface area contributed by atoms with E-state index in [0.717, 1.165) is 23.4 Å². The maximum atomic E-state index is 2.90. The van der Waals surface area contributed by atoms with E-state index in [1.54, 1.807) is 12.8 Å². The van der Waals surface area contributed by atoms with Gasteiger partial charge in [-0.3, -0.25) is 9.80 Å². The Morgan fingerprint density at radius 3 is 1.59 bits per heavy atom. The molecule has 2 nitrogen and oxygen atoms in total. The molecule has 0 unspecified atom stereocenters. The third kappa shape index (κ3) is 2.44. The Morgan fingerprint density at radius 2 is 1.23 bits per heavy atom. The number of piperidine rings is 2. The van der Waals surface area contributed by atoms with Gasteiger partial charge in [-0.1, -0.05) is 19.8 Å². The zero-order valence-electron chi connectivity index (χ0n) is 13.9. The Morgan fingerprint density at radius 1 is 0.773 bits per heavy atom. The van der Waals surface area contributed by atoms with Gasteiger partial charge in [0.05, 0.1) is 0 Å². The number of rotatable bonds is 2. The van der Waals surface area contributed by atoms with Crippen LogP contribution in [0, 0.1) is 16.7 Å². The molecule has 3 aliphatic carbocycles. The van der Waals surface area contributed by atoms with Gasteiger partial charge in [0.15, 0.2) is 0 Å². The molecule has 5 rings (SSSR count). The van der Waals surface area contributed by atoms with Crippen LogP contribution >= 0.6 is 24.8 Å². The van der Waals surface area contributed by atoms with Crippen LogP contribution in [0.25, 0.3) is 0 Å². The van der Waals surface area contributed by atoms with Crippen LogP contribution in [-0.4, -0.2) is 48.1 Å². The van der Waals surface area contributed by atoms with Crippen molar-refractivity contribution in [3.05, 3.63) is 0 Å². The van der Waals surface area contributed by atoms with Gasteiger partial charge in [-0.2, -0.15) is 0 Å². The lowest BCUT2D eigenvalue weighted by Gasteiger charge is -2.64. The maximum Gasteiger partial charge on any atom is 0.00967 e. The van der Waals surface area contributed by atoms with Crippen molar-refractivity contribution in [3.8, 4) is 0 Å². The average Bonchev–Trinajstić information content (AvgIpc) is 3.29. The summed E-state index contributed by atoms with van der Waals surface area (Å²) < 4.78 is 0. The van der Waals surface area contributed by atoms with Crippen molar-refractivity contribution in [2.24, 2.45) is 16.7 Å². The molecule has 2 aliphatic heterocycles. The Balaban J connectivity index is 0.000000720. The van der Waals surface area contributed by atoms with Crippen LogP contribution in [0.2, 0.25) is 0 Å².